The summed E-state index contributed by atoms with van der Waals surface area (Å²) < 4.78 is 5.09. The predicted octanol–water partition coefficient (Wildman–Crippen LogP) is 2.82. The molecule has 2 unspecified atom stereocenters. The summed E-state index contributed by atoms with van der Waals surface area (Å²) in [7, 11) is 0. The Morgan fingerprint density at radius 1 is 0.964 bits per heavy atom. The molecular formula is C19H15Cl3O6. The molecule has 148 valence electrons. The van der Waals surface area contributed by atoms with Crippen LogP contribution in [0, 0.1) is 0 Å². The Balaban J connectivity index is 1.94. The lowest BCUT2D eigenvalue weighted by Gasteiger charge is -2.29. The molecule has 0 spiro atoms. The highest BCUT2D eigenvalue weighted by Gasteiger charge is 2.61. The lowest BCUT2D eigenvalue weighted by atomic mass is 9.82. The van der Waals surface area contributed by atoms with Crippen molar-refractivity contribution in [2.24, 2.45) is 0 Å². The van der Waals surface area contributed by atoms with Gasteiger partial charge in [-0.25, -0.2) is 0 Å². The van der Waals surface area contributed by atoms with E-state index in [-0.39, 0.29) is 11.1 Å². The van der Waals surface area contributed by atoms with E-state index in [0.29, 0.717) is 10.0 Å². The normalized spacial score (nSPS) is 28.1. The smallest absolute Gasteiger partial charge is 0.249 e. The van der Waals surface area contributed by atoms with E-state index in [2.05, 4.69) is 0 Å². The third-order valence-corrected chi connectivity index (χ3v) is 5.18. The maximum Gasteiger partial charge on any atom is 0.249 e. The van der Waals surface area contributed by atoms with Crippen molar-refractivity contribution in [2.45, 2.75) is 29.5 Å². The van der Waals surface area contributed by atoms with Gasteiger partial charge in [0.05, 0.1) is 6.42 Å². The number of carbonyl (C=O) groups is 2. The number of Topliss-reactive ketones (excluding diaryl/α,β-unsaturated/α-hetero) is 2. The Kier molecular flexibility index (Phi) is 5.85. The molecule has 0 amide bonds. The highest BCUT2D eigenvalue weighted by molar-refractivity contribution is 6.31. The van der Waals surface area contributed by atoms with Gasteiger partial charge < -0.3 is 20.1 Å². The molecule has 0 aliphatic carbocycles. The van der Waals surface area contributed by atoms with Gasteiger partial charge in [-0.3, -0.25) is 9.59 Å². The van der Waals surface area contributed by atoms with E-state index in [1.165, 1.54) is 48.5 Å². The molecule has 3 rings (SSSR count). The van der Waals surface area contributed by atoms with Gasteiger partial charge in [0.25, 0.3) is 0 Å². The molecule has 0 aromatic heterocycles. The fourth-order valence-electron chi connectivity index (χ4n) is 3.08. The molecule has 28 heavy (non-hydrogen) atoms. The van der Waals surface area contributed by atoms with E-state index in [9.17, 15) is 24.9 Å². The Morgan fingerprint density at radius 3 is 1.93 bits per heavy atom. The highest BCUT2D eigenvalue weighted by Crippen LogP contribution is 2.43. The number of rotatable bonds is 5. The summed E-state index contributed by atoms with van der Waals surface area (Å²) in [5, 5.41) is 29.9. The summed E-state index contributed by atoms with van der Waals surface area (Å²) in [5.74, 6) is -1.72. The van der Waals surface area contributed by atoms with Crippen molar-refractivity contribution in [3.63, 3.8) is 0 Å². The second-order valence-corrected chi connectivity index (χ2v) is 7.94. The first kappa shape index (κ1) is 21.2. The minimum Gasteiger partial charge on any atom is -0.382 e. The molecule has 0 saturated carbocycles. The third-order valence-electron chi connectivity index (χ3n) is 4.45. The van der Waals surface area contributed by atoms with Crippen molar-refractivity contribution in [1.29, 1.82) is 0 Å². The number of ether oxygens (including phenoxy) is 1. The van der Waals surface area contributed by atoms with Crippen molar-refractivity contribution in [3.8, 4) is 0 Å². The molecule has 1 saturated heterocycles. The van der Waals surface area contributed by atoms with Gasteiger partial charge in [0.1, 0.15) is 12.2 Å². The van der Waals surface area contributed by atoms with Crippen LogP contribution in [0.15, 0.2) is 48.5 Å². The number of halogens is 3. The number of aliphatic hydroxyl groups excluding tert-OH is 1. The Morgan fingerprint density at radius 2 is 1.43 bits per heavy atom. The maximum absolute atomic E-state index is 12.9. The van der Waals surface area contributed by atoms with Crippen molar-refractivity contribution in [2.75, 3.05) is 0 Å². The van der Waals surface area contributed by atoms with Crippen LogP contribution in [0.2, 0.25) is 10.0 Å². The molecular weight excluding hydrogens is 431 g/mol. The first-order valence-corrected chi connectivity index (χ1v) is 9.26. The van der Waals surface area contributed by atoms with E-state index in [1.807, 2.05) is 0 Å². The van der Waals surface area contributed by atoms with Gasteiger partial charge in [-0.1, -0.05) is 34.8 Å². The highest BCUT2D eigenvalue weighted by atomic mass is 35.5. The number of carbonyl (C=O) groups excluding carboxylic acids is 2. The minimum atomic E-state index is -2.45. The first-order valence-electron chi connectivity index (χ1n) is 8.13. The number of ketones is 2. The topological polar surface area (TPSA) is 104 Å². The van der Waals surface area contributed by atoms with Crippen LogP contribution in [0.3, 0.4) is 0 Å². The largest absolute Gasteiger partial charge is 0.382 e. The van der Waals surface area contributed by atoms with E-state index in [1.54, 1.807) is 0 Å². The van der Waals surface area contributed by atoms with Crippen LogP contribution < -0.4 is 0 Å². The van der Waals surface area contributed by atoms with E-state index in [0.717, 1.165) is 0 Å². The number of benzene rings is 2. The van der Waals surface area contributed by atoms with Gasteiger partial charge in [-0.2, -0.15) is 0 Å². The summed E-state index contributed by atoms with van der Waals surface area (Å²) in [6, 6.07) is 11.2. The van der Waals surface area contributed by atoms with Gasteiger partial charge in [0, 0.05) is 21.2 Å². The number of hydrogen-bond donors (Lipinski definition) is 3. The summed E-state index contributed by atoms with van der Waals surface area (Å²) in [5.41, 5.74) is -2.33. The van der Waals surface area contributed by atoms with Gasteiger partial charge in [0.15, 0.2) is 17.2 Å². The number of alkyl halides is 1. The van der Waals surface area contributed by atoms with Gasteiger partial charge in [0.2, 0.25) is 5.25 Å². The molecule has 2 aromatic rings. The molecule has 1 aliphatic rings. The first-order chi connectivity index (χ1) is 13.0. The van der Waals surface area contributed by atoms with Crippen LogP contribution >= 0.6 is 34.8 Å². The minimum absolute atomic E-state index is 0.0426. The molecule has 1 fully saturated rings. The Labute approximate surface area is 175 Å². The molecule has 3 N–H and O–H groups in total. The fraction of sp³-hybridized carbons (Fsp3) is 0.263. The number of aliphatic hydroxyl groups is 3. The predicted molar refractivity (Wildman–Crippen MR) is 103 cm³/mol. The fourth-order valence-corrected chi connectivity index (χ4v) is 3.63. The second kappa shape index (κ2) is 7.72. The summed E-state index contributed by atoms with van der Waals surface area (Å²) in [4.78, 5) is 25.5. The number of hydrogen-bond acceptors (Lipinski definition) is 6. The summed E-state index contributed by atoms with van der Waals surface area (Å²) >= 11 is 17.4. The molecule has 1 heterocycles. The van der Waals surface area contributed by atoms with Crippen molar-refractivity contribution in [1.82, 2.24) is 0 Å². The van der Waals surface area contributed by atoms with Crippen LogP contribution in [0.4, 0.5) is 0 Å². The second-order valence-electron chi connectivity index (χ2n) is 6.48. The summed E-state index contributed by atoms with van der Waals surface area (Å²) in [6.45, 7) is 0. The van der Waals surface area contributed by atoms with Gasteiger partial charge >= 0.3 is 0 Å². The van der Waals surface area contributed by atoms with Crippen LogP contribution in [0.25, 0.3) is 0 Å². The van der Waals surface area contributed by atoms with Crippen molar-refractivity contribution >= 4 is 46.4 Å². The molecule has 0 bridgehead atoms. The zero-order valence-electron chi connectivity index (χ0n) is 14.2. The zero-order chi connectivity index (χ0) is 20.7. The van der Waals surface area contributed by atoms with Crippen LogP contribution in [0.1, 0.15) is 27.1 Å². The Bertz CT molecular complexity index is 897. The monoisotopic (exact) mass is 444 g/mol. The summed E-state index contributed by atoms with van der Waals surface area (Å²) in [6.07, 6.45) is -4.53. The lowest BCUT2D eigenvalue weighted by Crippen LogP contribution is -2.53. The van der Waals surface area contributed by atoms with E-state index < -0.39 is 41.0 Å². The van der Waals surface area contributed by atoms with Crippen LogP contribution in [-0.2, 0) is 4.74 Å². The standard InChI is InChI=1S/C19H15Cl3O6/c20-12-5-1-10(2-6-12)14(23)15(24)17-18(26,9-19(22,27)28-17)16(25)11-3-7-13(21)8-4-11/h1-8,15,17,24,26-27H,9H2/t15?,17-,18-,19?/m1/s1. The van der Waals surface area contributed by atoms with Gasteiger partial charge in [-0.05, 0) is 48.5 Å². The molecule has 4 atom stereocenters. The molecule has 9 heteroatoms. The molecule has 2 aromatic carbocycles. The Hall–Kier alpha value is -1.51. The zero-order valence-corrected chi connectivity index (χ0v) is 16.4. The average Bonchev–Trinajstić information content (AvgIpc) is 2.91. The van der Waals surface area contributed by atoms with Crippen molar-refractivity contribution in [3.05, 3.63) is 69.7 Å². The quantitative estimate of drug-likeness (QED) is 0.483. The van der Waals surface area contributed by atoms with Crippen LogP contribution in [0.5, 0.6) is 0 Å². The van der Waals surface area contributed by atoms with Crippen molar-refractivity contribution < 1.29 is 29.6 Å². The molecule has 0 radical (unpaired) electrons. The van der Waals surface area contributed by atoms with E-state index in [4.69, 9.17) is 39.5 Å². The SMILES string of the molecule is O=C(c1ccc(Cl)cc1)C(O)[C@H]1OC(O)(Cl)C[C@@]1(O)C(=O)c1ccc(Cl)cc1. The molecule has 1 aliphatic heterocycles. The van der Waals surface area contributed by atoms with E-state index >= 15 is 0 Å². The van der Waals surface area contributed by atoms with Gasteiger partial charge in [-0.15, -0.1) is 0 Å². The lowest BCUT2D eigenvalue weighted by molar-refractivity contribution is -0.154. The molecule has 6 nitrogen and oxygen atoms in total. The third kappa shape index (κ3) is 4.09. The average molecular weight is 446 g/mol. The maximum atomic E-state index is 12.9. The van der Waals surface area contributed by atoms with Crippen LogP contribution in [-0.4, -0.2) is 49.9 Å².